The zero-order valence-electron chi connectivity index (χ0n) is 7.82. The molecule has 0 aromatic heterocycles. The lowest BCUT2D eigenvalue weighted by molar-refractivity contribution is -0.0663. The topological polar surface area (TPSA) is 29.5 Å². The van der Waals surface area contributed by atoms with Gasteiger partial charge in [-0.25, -0.2) is 0 Å². The molecule has 1 aliphatic carbocycles. The van der Waals surface area contributed by atoms with Gasteiger partial charge in [-0.3, -0.25) is 0 Å². The van der Waals surface area contributed by atoms with E-state index in [1.165, 1.54) is 0 Å². The third-order valence-electron chi connectivity index (χ3n) is 2.39. The minimum absolute atomic E-state index is 0.156. The highest BCUT2D eigenvalue weighted by Crippen LogP contribution is 2.28. The summed E-state index contributed by atoms with van der Waals surface area (Å²) in [7, 11) is 1.61. The summed E-state index contributed by atoms with van der Waals surface area (Å²) in [6.07, 6.45) is 7.20. The zero-order chi connectivity index (χ0) is 9.19. The van der Waals surface area contributed by atoms with Crippen molar-refractivity contribution >= 4 is 0 Å². The van der Waals surface area contributed by atoms with Crippen LogP contribution in [0, 0.1) is 5.92 Å². The molecule has 1 N–H and O–H groups in total. The quantitative estimate of drug-likeness (QED) is 0.677. The molecule has 1 aliphatic rings. The van der Waals surface area contributed by atoms with Crippen LogP contribution in [-0.2, 0) is 4.74 Å². The largest absolute Gasteiger partial charge is 0.382 e. The summed E-state index contributed by atoms with van der Waals surface area (Å²) in [5.74, 6) is 0.156. The first-order valence-corrected chi connectivity index (χ1v) is 4.22. The van der Waals surface area contributed by atoms with E-state index in [0.717, 1.165) is 0 Å². The lowest BCUT2D eigenvalue weighted by Gasteiger charge is -2.36. The molecule has 0 radical (unpaired) electrons. The molecule has 0 bridgehead atoms. The molecule has 2 nitrogen and oxygen atoms in total. The lowest BCUT2D eigenvalue weighted by Crippen LogP contribution is -2.46. The molecule has 1 rings (SSSR count). The van der Waals surface area contributed by atoms with E-state index in [-0.39, 0.29) is 12.0 Å². The molecule has 0 aliphatic heterocycles. The van der Waals surface area contributed by atoms with Gasteiger partial charge in [0.25, 0.3) is 0 Å². The summed E-state index contributed by atoms with van der Waals surface area (Å²) in [4.78, 5) is 0. The van der Waals surface area contributed by atoms with E-state index in [9.17, 15) is 5.11 Å². The van der Waals surface area contributed by atoms with Gasteiger partial charge in [-0.05, 0) is 12.0 Å². The standard InChI is InChI=1S/C10H16O2/c1-8(2)10(11)7-5-4-6-9(10)12-3/h4-9,11H,1-3H3. The molecule has 0 heterocycles. The van der Waals surface area contributed by atoms with E-state index in [4.69, 9.17) is 4.74 Å². The lowest BCUT2D eigenvalue weighted by atomic mass is 9.82. The maximum atomic E-state index is 10.1. The van der Waals surface area contributed by atoms with Crippen LogP contribution in [-0.4, -0.2) is 23.9 Å². The highest BCUT2D eigenvalue weighted by atomic mass is 16.5. The van der Waals surface area contributed by atoms with Gasteiger partial charge in [-0.2, -0.15) is 0 Å². The Balaban J connectivity index is 2.86. The molecular formula is C10H16O2. The molecule has 0 aromatic rings. The van der Waals surface area contributed by atoms with Gasteiger partial charge in [0.2, 0.25) is 0 Å². The highest BCUT2D eigenvalue weighted by molar-refractivity contribution is 5.23. The predicted octanol–water partition coefficient (Wildman–Crippen LogP) is 1.51. The summed E-state index contributed by atoms with van der Waals surface area (Å²) in [6.45, 7) is 3.96. The van der Waals surface area contributed by atoms with Crippen molar-refractivity contribution in [3.63, 3.8) is 0 Å². The Morgan fingerprint density at radius 2 is 2.08 bits per heavy atom. The number of hydrogen-bond acceptors (Lipinski definition) is 2. The molecule has 2 heteroatoms. The third-order valence-corrected chi connectivity index (χ3v) is 2.39. The first-order chi connectivity index (χ1) is 5.61. The number of methoxy groups -OCH3 is 1. The fourth-order valence-electron chi connectivity index (χ4n) is 1.41. The molecule has 2 unspecified atom stereocenters. The van der Waals surface area contributed by atoms with Gasteiger partial charge in [-0.15, -0.1) is 0 Å². The van der Waals surface area contributed by atoms with Gasteiger partial charge in [0.15, 0.2) is 0 Å². The molecule has 0 saturated carbocycles. The Kier molecular flexibility index (Phi) is 2.70. The number of aliphatic hydroxyl groups is 1. The number of ether oxygens (including phenoxy) is 1. The van der Waals surface area contributed by atoms with Crippen LogP contribution in [0.1, 0.15) is 13.8 Å². The van der Waals surface area contributed by atoms with Crippen LogP contribution >= 0.6 is 0 Å². The zero-order valence-corrected chi connectivity index (χ0v) is 7.82. The van der Waals surface area contributed by atoms with Crippen LogP contribution in [0.2, 0.25) is 0 Å². The monoisotopic (exact) mass is 168 g/mol. The third kappa shape index (κ3) is 1.45. The SMILES string of the molecule is COC1C=CC=CC1(O)C(C)C. The van der Waals surface area contributed by atoms with Crippen LogP contribution < -0.4 is 0 Å². The second-order valence-corrected chi connectivity index (χ2v) is 3.44. The molecule has 12 heavy (non-hydrogen) atoms. The smallest absolute Gasteiger partial charge is 0.115 e. The average Bonchev–Trinajstić information content (AvgIpc) is 2.05. The van der Waals surface area contributed by atoms with E-state index in [0.29, 0.717) is 0 Å². The Labute approximate surface area is 73.5 Å². The van der Waals surface area contributed by atoms with E-state index < -0.39 is 5.60 Å². The summed E-state index contributed by atoms with van der Waals surface area (Å²) >= 11 is 0. The van der Waals surface area contributed by atoms with Crippen LogP contribution in [0.3, 0.4) is 0 Å². The molecule has 0 aromatic carbocycles. The molecule has 0 saturated heterocycles. The van der Waals surface area contributed by atoms with E-state index >= 15 is 0 Å². The van der Waals surface area contributed by atoms with Crippen molar-refractivity contribution in [3.8, 4) is 0 Å². The summed E-state index contributed by atoms with van der Waals surface area (Å²) in [5.41, 5.74) is -0.844. The number of allylic oxidation sites excluding steroid dienone is 2. The minimum atomic E-state index is -0.844. The maximum Gasteiger partial charge on any atom is 0.115 e. The Morgan fingerprint density at radius 1 is 1.42 bits per heavy atom. The van der Waals surface area contributed by atoms with Crippen molar-refractivity contribution in [2.45, 2.75) is 25.6 Å². The van der Waals surface area contributed by atoms with Crippen LogP contribution in [0.5, 0.6) is 0 Å². The van der Waals surface area contributed by atoms with E-state index in [1.54, 1.807) is 13.2 Å². The van der Waals surface area contributed by atoms with Gasteiger partial charge in [0, 0.05) is 7.11 Å². The Bertz CT molecular complexity index is 206. The molecule has 0 fully saturated rings. The van der Waals surface area contributed by atoms with Crippen LogP contribution in [0.15, 0.2) is 24.3 Å². The van der Waals surface area contributed by atoms with Gasteiger partial charge in [0.1, 0.15) is 11.7 Å². The van der Waals surface area contributed by atoms with Crippen molar-refractivity contribution in [2.24, 2.45) is 5.92 Å². The normalized spacial score (nSPS) is 34.6. The Morgan fingerprint density at radius 3 is 2.50 bits per heavy atom. The van der Waals surface area contributed by atoms with Crippen molar-refractivity contribution in [2.75, 3.05) is 7.11 Å². The summed E-state index contributed by atoms with van der Waals surface area (Å²) in [6, 6.07) is 0. The molecule has 0 spiro atoms. The highest BCUT2D eigenvalue weighted by Gasteiger charge is 2.37. The van der Waals surface area contributed by atoms with Crippen molar-refractivity contribution < 1.29 is 9.84 Å². The Hall–Kier alpha value is -0.600. The second kappa shape index (κ2) is 3.42. The first kappa shape index (κ1) is 9.49. The van der Waals surface area contributed by atoms with Gasteiger partial charge in [-0.1, -0.05) is 32.1 Å². The molecule has 2 atom stereocenters. The van der Waals surface area contributed by atoms with Crippen molar-refractivity contribution in [3.05, 3.63) is 24.3 Å². The first-order valence-electron chi connectivity index (χ1n) is 4.22. The van der Waals surface area contributed by atoms with Crippen molar-refractivity contribution in [1.29, 1.82) is 0 Å². The molecule has 0 amide bonds. The average molecular weight is 168 g/mol. The van der Waals surface area contributed by atoms with Gasteiger partial charge < -0.3 is 9.84 Å². The minimum Gasteiger partial charge on any atom is -0.382 e. The van der Waals surface area contributed by atoms with E-state index in [1.807, 2.05) is 32.1 Å². The predicted molar refractivity (Wildman–Crippen MR) is 48.9 cm³/mol. The van der Waals surface area contributed by atoms with Crippen LogP contribution in [0.4, 0.5) is 0 Å². The summed E-state index contributed by atoms with van der Waals surface area (Å²) in [5, 5.41) is 10.1. The van der Waals surface area contributed by atoms with E-state index in [2.05, 4.69) is 0 Å². The number of hydrogen-bond donors (Lipinski definition) is 1. The maximum absolute atomic E-state index is 10.1. The second-order valence-electron chi connectivity index (χ2n) is 3.44. The van der Waals surface area contributed by atoms with Crippen LogP contribution in [0.25, 0.3) is 0 Å². The van der Waals surface area contributed by atoms with Gasteiger partial charge >= 0.3 is 0 Å². The summed E-state index contributed by atoms with van der Waals surface area (Å²) < 4.78 is 5.18. The fraction of sp³-hybridized carbons (Fsp3) is 0.600. The van der Waals surface area contributed by atoms with Gasteiger partial charge in [0.05, 0.1) is 0 Å². The number of rotatable bonds is 2. The molecule has 68 valence electrons. The fourth-order valence-corrected chi connectivity index (χ4v) is 1.41. The molecular weight excluding hydrogens is 152 g/mol. The van der Waals surface area contributed by atoms with Crippen molar-refractivity contribution in [1.82, 2.24) is 0 Å².